The number of para-hydroxylation sites is 1. The van der Waals surface area contributed by atoms with E-state index in [9.17, 15) is 5.11 Å². The van der Waals surface area contributed by atoms with Gasteiger partial charge in [-0.05, 0) is 81.1 Å². The Balaban J connectivity index is 1.46. The van der Waals surface area contributed by atoms with Crippen LogP contribution in [-0.4, -0.2) is 16.3 Å². The number of thiazole rings is 1. The van der Waals surface area contributed by atoms with Gasteiger partial charge in [0.05, 0.1) is 22.5 Å². The Morgan fingerprint density at radius 2 is 1.43 bits per heavy atom. The van der Waals surface area contributed by atoms with Crippen LogP contribution in [0.1, 0.15) is 58.2 Å². The van der Waals surface area contributed by atoms with E-state index in [4.69, 9.17) is 16.5 Å². The van der Waals surface area contributed by atoms with Gasteiger partial charge in [0, 0.05) is 22.9 Å². The molecule has 0 spiro atoms. The van der Waals surface area contributed by atoms with Crippen molar-refractivity contribution in [1.82, 2.24) is 4.98 Å². The van der Waals surface area contributed by atoms with Crippen LogP contribution in [0.25, 0.3) is 47.9 Å². The van der Waals surface area contributed by atoms with Crippen molar-refractivity contribution in [3.63, 3.8) is 0 Å². The Hall–Kier alpha value is -5.05. The van der Waals surface area contributed by atoms with E-state index in [0.29, 0.717) is 11.3 Å². The second-order valence-electron chi connectivity index (χ2n) is 13.7. The third kappa shape index (κ3) is 6.36. The van der Waals surface area contributed by atoms with Crippen molar-refractivity contribution in [2.75, 3.05) is 0 Å². The summed E-state index contributed by atoms with van der Waals surface area (Å²) in [4.78, 5) is 13.7. The zero-order valence-electron chi connectivity index (χ0n) is 27.1. The number of rotatable bonds is 5. The minimum Gasteiger partial charge on any atom is -0.507 e. The van der Waals surface area contributed by atoms with Crippen molar-refractivity contribution in [3.05, 3.63) is 131 Å². The van der Waals surface area contributed by atoms with Gasteiger partial charge >= 0.3 is 0 Å². The lowest BCUT2D eigenvalue weighted by atomic mass is 9.85. The van der Waals surface area contributed by atoms with Gasteiger partial charge in [-0.3, -0.25) is 4.99 Å². The molecule has 0 bridgehead atoms. The smallest absolute Gasteiger partial charge is 0.187 e. The van der Waals surface area contributed by atoms with Gasteiger partial charge in [0.15, 0.2) is 5.69 Å². The number of hydrogen-bond donors (Lipinski definition) is 1. The predicted octanol–water partition coefficient (Wildman–Crippen LogP) is 11.9. The molecule has 5 aromatic carbocycles. The number of phenols is 1. The van der Waals surface area contributed by atoms with Crippen LogP contribution >= 0.6 is 11.3 Å². The average molecular weight is 620 g/mol. The van der Waals surface area contributed by atoms with Gasteiger partial charge in [0.1, 0.15) is 10.8 Å². The van der Waals surface area contributed by atoms with Crippen molar-refractivity contribution in [1.29, 1.82) is 0 Å². The lowest BCUT2D eigenvalue weighted by Crippen LogP contribution is -2.11. The Bertz CT molecular complexity index is 2140. The molecule has 0 aliphatic heterocycles. The number of fused-ring (bicyclic) bond motifs is 1. The van der Waals surface area contributed by atoms with Gasteiger partial charge in [-0.2, -0.15) is 0 Å². The van der Waals surface area contributed by atoms with Crippen molar-refractivity contribution >= 4 is 39.1 Å². The Kier molecular flexibility index (Phi) is 8.10. The van der Waals surface area contributed by atoms with Gasteiger partial charge in [-0.25, -0.2) is 9.83 Å². The summed E-state index contributed by atoms with van der Waals surface area (Å²) in [7, 11) is 0. The lowest BCUT2D eigenvalue weighted by Gasteiger charge is -2.20. The average Bonchev–Trinajstić information content (AvgIpc) is 3.47. The van der Waals surface area contributed by atoms with Gasteiger partial charge in [0.25, 0.3) is 0 Å². The van der Waals surface area contributed by atoms with E-state index in [1.54, 1.807) is 23.6 Å². The van der Waals surface area contributed by atoms with Crippen LogP contribution in [0.2, 0.25) is 0 Å². The van der Waals surface area contributed by atoms with E-state index >= 15 is 0 Å². The third-order valence-electron chi connectivity index (χ3n) is 8.24. The van der Waals surface area contributed by atoms with Crippen molar-refractivity contribution in [2.45, 2.75) is 52.4 Å². The van der Waals surface area contributed by atoms with Crippen LogP contribution in [0.5, 0.6) is 5.75 Å². The molecule has 1 heterocycles. The summed E-state index contributed by atoms with van der Waals surface area (Å²) in [6, 6.07) is 34.6. The molecule has 46 heavy (non-hydrogen) atoms. The molecule has 6 rings (SSSR count). The second-order valence-corrected chi connectivity index (χ2v) is 14.7. The number of aliphatic imine (C=N–C) groups is 1. The molecule has 0 fully saturated rings. The molecule has 4 nitrogen and oxygen atoms in total. The summed E-state index contributed by atoms with van der Waals surface area (Å²) < 4.78 is 1.12. The normalized spacial score (nSPS) is 12.1. The molecule has 0 saturated carbocycles. The Morgan fingerprint density at radius 3 is 2.15 bits per heavy atom. The highest BCUT2D eigenvalue weighted by Gasteiger charge is 2.21. The number of nitrogens with zero attached hydrogens (tertiary/aromatic N) is 3. The van der Waals surface area contributed by atoms with Crippen LogP contribution < -0.4 is 0 Å². The molecule has 0 saturated heterocycles. The standard InChI is InChI=1S/C41H37N3OS/c1-40(2,3)30-17-20-36(45)29(22-30)25-43-35-14-9-8-13-33(35)39-44-38-34(23-31(41(4,5)6)24-37(38)46-39)28-12-10-11-27(21-28)26-15-18-32(42-7)19-16-26/h8-25,45H,1-6H3. The zero-order valence-corrected chi connectivity index (χ0v) is 27.9. The summed E-state index contributed by atoms with van der Waals surface area (Å²) in [6.07, 6.45) is 1.75. The first-order valence-electron chi connectivity index (χ1n) is 15.4. The van der Waals surface area contributed by atoms with E-state index in [1.807, 2.05) is 54.6 Å². The minimum atomic E-state index is -0.0495. The minimum absolute atomic E-state index is 0.0403. The highest BCUT2D eigenvalue weighted by atomic mass is 32.1. The molecule has 0 radical (unpaired) electrons. The summed E-state index contributed by atoms with van der Waals surface area (Å²) >= 11 is 1.68. The van der Waals surface area contributed by atoms with Gasteiger partial charge in [-0.15, -0.1) is 11.3 Å². The summed E-state index contributed by atoms with van der Waals surface area (Å²) in [6.45, 7) is 20.5. The number of aromatic nitrogens is 1. The molecule has 0 aliphatic rings. The molecule has 6 aromatic rings. The predicted molar refractivity (Wildman–Crippen MR) is 195 cm³/mol. The first-order valence-corrected chi connectivity index (χ1v) is 16.2. The first-order chi connectivity index (χ1) is 21.9. The topological polar surface area (TPSA) is 49.8 Å². The number of phenolic OH excluding ortho intramolecular Hbond substituents is 1. The third-order valence-corrected chi connectivity index (χ3v) is 9.27. The number of benzene rings is 5. The van der Waals surface area contributed by atoms with E-state index < -0.39 is 0 Å². The Morgan fingerprint density at radius 1 is 0.717 bits per heavy atom. The van der Waals surface area contributed by atoms with E-state index in [1.165, 1.54) is 5.56 Å². The van der Waals surface area contributed by atoms with E-state index in [0.717, 1.165) is 54.3 Å². The summed E-state index contributed by atoms with van der Waals surface area (Å²) in [5.41, 5.74) is 10.7. The second kappa shape index (κ2) is 12.0. The molecule has 0 atom stereocenters. The fraction of sp³-hybridized carbons (Fsp3) is 0.195. The molecular weight excluding hydrogens is 583 g/mol. The molecule has 0 unspecified atom stereocenters. The van der Waals surface area contributed by atoms with E-state index in [2.05, 4.69) is 88.9 Å². The monoisotopic (exact) mass is 619 g/mol. The van der Waals surface area contributed by atoms with Gasteiger partial charge in [-0.1, -0.05) is 102 Å². The zero-order chi connectivity index (χ0) is 32.6. The van der Waals surface area contributed by atoms with Crippen molar-refractivity contribution in [3.8, 4) is 38.6 Å². The molecule has 5 heteroatoms. The first kappa shape index (κ1) is 31.0. The maximum Gasteiger partial charge on any atom is 0.187 e. The van der Waals surface area contributed by atoms with Crippen molar-refractivity contribution < 1.29 is 5.11 Å². The molecule has 0 aliphatic carbocycles. The SMILES string of the molecule is [C-]#[N+]c1ccc(-c2cccc(-c3cc(C(C)(C)C)cc4sc(-c5ccccc5N=Cc5cc(C(C)(C)C)ccc5O)nc34)c2)cc1. The largest absolute Gasteiger partial charge is 0.507 e. The van der Waals surface area contributed by atoms with Crippen LogP contribution in [0.15, 0.2) is 108 Å². The van der Waals surface area contributed by atoms with Crippen LogP contribution in [0.3, 0.4) is 0 Å². The highest BCUT2D eigenvalue weighted by molar-refractivity contribution is 7.21. The maximum absolute atomic E-state index is 10.6. The molecular formula is C41H37N3OS. The maximum atomic E-state index is 10.6. The fourth-order valence-corrected chi connectivity index (χ4v) is 6.49. The molecule has 228 valence electrons. The number of hydrogen-bond acceptors (Lipinski definition) is 4. The Labute approximate surface area is 275 Å². The fourth-order valence-electron chi connectivity index (χ4n) is 5.42. The highest BCUT2D eigenvalue weighted by Crippen LogP contribution is 2.42. The summed E-state index contributed by atoms with van der Waals surface area (Å²) in [5.74, 6) is 0.207. The quantitative estimate of drug-likeness (QED) is 0.154. The molecule has 1 N–H and O–H groups in total. The van der Waals surface area contributed by atoms with Crippen LogP contribution in [-0.2, 0) is 10.8 Å². The summed E-state index contributed by atoms with van der Waals surface area (Å²) in [5, 5.41) is 11.5. The van der Waals surface area contributed by atoms with Crippen LogP contribution in [0.4, 0.5) is 11.4 Å². The molecule has 0 amide bonds. The van der Waals surface area contributed by atoms with Gasteiger partial charge in [0.2, 0.25) is 0 Å². The molecule has 1 aromatic heterocycles. The number of aromatic hydroxyl groups is 1. The van der Waals surface area contributed by atoms with Crippen LogP contribution in [0, 0.1) is 6.57 Å². The lowest BCUT2D eigenvalue weighted by molar-refractivity contribution is 0.473. The van der Waals surface area contributed by atoms with Crippen molar-refractivity contribution in [2.24, 2.45) is 4.99 Å². The van der Waals surface area contributed by atoms with Gasteiger partial charge < -0.3 is 5.11 Å². The van der Waals surface area contributed by atoms with E-state index in [-0.39, 0.29) is 16.6 Å².